The van der Waals surface area contributed by atoms with Crippen molar-refractivity contribution in [3.05, 3.63) is 99.8 Å². The molecule has 3 aromatic rings. The summed E-state index contributed by atoms with van der Waals surface area (Å²) in [5.41, 5.74) is 1.91. The van der Waals surface area contributed by atoms with E-state index in [1.54, 1.807) is 30.3 Å². The minimum atomic E-state index is -1.21. The number of carboxylic acids is 1. The quantitative estimate of drug-likeness (QED) is 0.232. The fourth-order valence-corrected chi connectivity index (χ4v) is 5.42. The molecule has 0 heterocycles. The van der Waals surface area contributed by atoms with Crippen LogP contribution in [0.5, 0.6) is 5.75 Å². The van der Waals surface area contributed by atoms with E-state index in [1.165, 1.54) is 6.08 Å². The van der Waals surface area contributed by atoms with Crippen molar-refractivity contribution in [2.75, 3.05) is 0 Å². The number of hydrogen-bond acceptors (Lipinski definition) is 3. The predicted molar refractivity (Wildman–Crippen MR) is 145 cm³/mol. The number of carboxylic acid groups (broad SMARTS) is 1. The number of halogens is 3. The van der Waals surface area contributed by atoms with Crippen LogP contribution >= 0.6 is 67.8 Å². The molecule has 158 valence electrons. The number of rotatable bonds is 7. The second-order valence-electron chi connectivity index (χ2n) is 6.42. The lowest BCUT2D eigenvalue weighted by Crippen LogP contribution is -2.27. The van der Waals surface area contributed by atoms with Crippen LogP contribution in [0.1, 0.15) is 21.5 Å². The Balaban J connectivity index is 1.80. The van der Waals surface area contributed by atoms with Crippen LogP contribution in [0.4, 0.5) is 0 Å². The molecule has 0 aliphatic carbocycles. The normalized spacial score (nSPS) is 11.1. The van der Waals surface area contributed by atoms with E-state index in [4.69, 9.17) is 4.74 Å². The van der Waals surface area contributed by atoms with Crippen LogP contribution in [0.15, 0.2) is 72.4 Å². The Bertz CT molecular complexity index is 1120. The summed E-state index contributed by atoms with van der Waals surface area (Å²) in [6, 6.07) is 20.2. The number of nitrogens with one attached hydrogen (secondary N) is 1. The number of benzene rings is 3. The highest BCUT2D eigenvalue weighted by molar-refractivity contribution is 14.1. The minimum absolute atomic E-state index is 0.201. The smallest absolute Gasteiger partial charge is 0.352 e. The maximum Gasteiger partial charge on any atom is 0.352 e. The number of amides is 1. The fraction of sp³-hybridized carbons (Fsp3) is 0.0435. The van der Waals surface area contributed by atoms with Crippen molar-refractivity contribution in [3.8, 4) is 5.75 Å². The van der Waals surface area contributed by atoms with Crippen LogP contribution in [0, 0.1) is 10.7 Å². The first kappa shape index (κ1) is 24.0. The molecule has 8 heteroatoms. The van der Waals surface area contributed by atoms with E-state index in [0.717, 1.165) is 22.0 Å². The van der Waals surface area contributed by atoms with E-state index in [9.17, 15) is 14.7 Å². The zero-order chi connectivity index (χ0) is 22.4. The lowest BCUT2D eigenvalue weighted by molar-refractivity contribution is -0.132. The molecule has 5 nitrogen and oxygen atoms in total. The van der Waals surface area contributed by atoms with E-state index in [-0.39, 0.29) is 5.70 Å². The molecule has 31 heavy (non-hydrogen) atoms. The number of hydrogen-bond donors (Lipinski definition) is 2. The Morgan fingerprint density at radius 2 is 1.61 bits per heavy atom. The molecular formula is C23H16I3NO4. The van der Waals surface area contributed by atoms with Crippen LogP contribution in [0.2, 0.25) is 0 Å². The highest BCUT2D eigenvalue weighted by Gasteiger charge is 2.15. The summed E-state index contributed by atoms with van der Waals surface area (Å²) in [6.45, 7) is 0.436. The summed E-state index contributed by atoms with van der Waals surface area (Å²) in [7, 11) is 0. The third-order valence-electron chi connectivity index (χ3n) is 4.12. The van der Waals surface area contributed by atoms with Gasteiger partial charge in [0.2, 0.25) is 0 Å². The largest absolute Gasteiger partial charge is 0.487 e. The zero-order valence-electron chi connectivity index (χ0n) is 15.9. The van der Waals surface area contributed by atoms with Crippen molar-refractivity contribution in [2.24, 2.45) is 0 Å². The number of carbonyl (C=O) groups excluding carboxylic acids is 1. The highest BCUT2D eigenvalue weighted by atomic mass is 127. The second-order valence-corrected chi connectivity index (χ2v) is 9.99. The molecule has 0 unspecified atom stereocenters. The van der Waals surface area contributed by atoms with Gasteiger partial charge in [-0.15, -0.1) is 0 Å². The maximum absolute atomic E-state index is 12.3. The summed E-state index contributed by atoms with van der Waals surface area (Å²) in [6.07, 6.45) is 1.44. The van der Waals surface area contributed by atoms with Gasteiger partial charge in [-0.3, -0.25) is 4.79 Å². The van der Waals surface area contributed by atoms with Gasteiger partial charge in [0.1, 0.15) is 18.1 Å². The predicted octanol–water partition coefficient (Wildman–Crippen LogP) is 5.93. The molecule has 2 N–H and O–H groups in total. The molecule has 3 aromatic carbocycles. The van der Waals surface area contributed by atoms with Gasteiger partial charge in [0.15, 0.2) is 0 Å². The molecule has 0 atom stereocenters. The summed E-state index contributed by atoms with van der Waals surface area (Å²) < 4.78 is 8.85. The van der Waals surface area contributed by atoms with E-state index in [2.05, 4.69) is 79.2 Å². The molecule has 0 radical (unpaired) electrons. The van der Waals surface area contributed by atoms with Gasteiger partial charge in [-0.2, -0.15) is 0 Å². The van der Waals surface area contributed by atoms with Crippen molar-refractivity contribution in [1.29, 1.82) is 0 Å². The second kappa shape index (κ2) is 11.3. The van der Waals surface area contributed by atoms with E-state index >= 15 is 0 Å². The van der Waals surface area contributed by atoms with Crippen molar-refractivity contribution >= 4 is 85.7 Å². The lowest BCUT2D eigenvalue weighted by Gasteiger charge is -2.12. The van der Waals surface area contributed by atoms with Gasteiger partial charge in [0.05, 0.1) is 7.14 Å². The van der Waals surface area contributed by atoms with E-state index < -0.39 is 11.9 Å². The average molecular weight is 751 g/mol. The minimum Gasteiger partial charge on any atom is -0.487 e. The van der Waals surface area contributed by atoms with Gasteiger partial charge in [-0.1, -0.05) is 30.3 Å². The topological polar surface area (TPSA) is 75.6 Å². The first-order valence-corrected chi connectivity index (χ1v) is 12.2. The number of aliphatic carboxylic acids is 1. The van der Waals surface area contributed by atoms with Crippen molar-refractivity contribution < 1.29 is 19.4 Å². The summed E-state index contributed by atoms with van der Waals surface area (Å²) >= 11 is 6.59. The van der Waals surface area contributed by atoms with Gasteiger partial charge in [-0.25, -0.2) is 4.79 Å². The molecular weight excluding hydrogens is 735 g/mol. The van der Waals surface area contributed by atoms with Gasteiger partial charge in [0.25, 0.3) is 5.91 Å². The van der Waals surface area contributed by atoms with E-state index in [0.29, 0.717) is 17.7 Å². The molecule has 0 aliphatic heterocycles. The monoisotopic (exact) mass is 751 g/mol. The number of carbonyl (C=O) groups is 2. The van der Waals surface area contributed by atoms with Crippen molar-refractivity contribution in [2.45, 2.75) is 6.61 Å². The van der Waals surface area contributed by atoms with Crippen LogP contribution in [0.3, 0.4) is 0 Å². The Kier molecular flexibility index (Phi) is 8.72. The van der Waals surface area contributed by atoms with E-state index in [1.807, 2.05) is 30.3 Å². The third-order valence-corrected chi connectivity index (χ3v) is 6.39. The summed E-state index contributed by atoms with van der Waals surface area (Å²) in [5.74, 6) is -0.952. The van der Waals surface area contributed by atoms with Gasteiger partial charge >= 0.3 is 5.97 Å². The maximum atomic E-state index is 12.3. The molecule has 0 bridgehead atoms. The van der Waals surface area contributed by atoms with Crippen LogP contribution < -0.4 is 10.1 Å². The van der Waals surface area contributed by atoms with Crippen LogP contribution in [0.25, 0.3) is 6.08 Å². The van der Waals surface area contributed by atoms with Crippen LogP contribution in [-0.4, -0.2) is 17.0 Å². The van der Waals surface area contributed by atoms with Crippen molar-refractivity contribution in [1.82, 2.24) is 5.32 Å². The molecule has 3 rings (SSSR count). The van der Waals surface area contributed by atoms with Gasteiger partial charge < -0.3 is 15.2 Å². The Morgan fingerprint density at radius 1 is 0.935 bits per heavy atom. The Hall–Kier alpha value is -1.67. The van der Waals surface area contributed by atoms with Crippen molar-refractivity contribution in [3.63, 3.8) is 0 Å². The summed E-state index contributed by atoms with van der Waals surface area (Å²) in [4.78, 5) is 24.0. The van der Waals surface area contributed by atoms with Gasteiger partial charge in [0, 0.05) is 9.13 Å². The van der Waals surface area contributed by atoms with Crippen LogP contribution in [-0.2, 0) is 11.4 Å². The molecule has 0 aliphatic rings. The first-order valence-electron chi connectivity index (χ1n) is 9.01. The number of ether oxygens (including phenoxy) is 1. The molecule has 0 aromatic heterocycles. The fourth-order valence-electron chi connectivity index (χ4n) is 2.68. The standard InChI is InChI=1S/C23H16I3NO4/c24-17-8-4-5-14(9-17)13-31-21-18(25)10-15(11-19(21)26)12-20(23(29)30)27-22(28)16-6-2-1-3-7-16/h1-12H,13H2,(H,27,28)(H,29,30)/b20-12+. The SMILES string of the molecule is O=C(O)/C(=C\c1cc(I)c(OCc2cccc(I)c2)c(I)c1)NC(=O)c1ccccc1. The lowest BCUT2D eigenvalue weighted by atomic mass is 10.1. The highest BCUT2D eigenvalue weighted by Crippen LogP contribution is 2.30. The molecule has 0 saturated carbocycles. The molecule has 0 saturated heterocycles. The molecule has 0 spiro atoms. The van der Waals surface area contributed by atoms with Gasteiger partial charge in [-0.05, 0) is 121 Å². The average Bonchev–Trinajstić information content (AvgIpc) is 2.73. The molecule has 1 amide bonds. The molecule has 0 fully saturated rings. The third kappa shape index (κ3) is 6.91. The Labute approximate surface area is 220 Å². The Morgan fingerprint density at radius 3 is 2.23 bits per heavy atom. The zero-order valence-corrected chi connectivity index (χ0v) is 22.4. The first-order chi connectivity index (χ1) is 14.8. The summed E-state index contributed by atoms with van der Waals surface area (Å²) in [5, 5.41) is 12.0.